The van der Waals surface area contributed by atoms with E-state index in [4.69, 9.17) is 5.11 Å². The molecule has 0 saturated heterocycles. The molecular formula is C15H23N3O2. The molecule has 0 aromatic carbocycles. The van der Waals surface area contributed by atoms with Crippen molar-refractivity contribution in [1.29, 1.82) is 0 Å². The number of aryl methyl sites for hydroxylation is 1. The molecule has 1 heterocycles. The van der Waals surface area contributed by atoms with Crippen molar-refractivity contribution in [3.63, 3.8) is 0 Å². The van der Waals surface area contributed by atoms with E-state index in [1.165, 1.54) is 6.42 Å². The quantitative estimate of drug-likeness (QED) is 0.836. The molecule has 1 aromatic rings. The minimum absolute atomic E-state index is 0.124. The summed E-state index contributed by atoms with van der Waals surface area (Å²) in [7, 11) is 0. The highest BCUT2D eigenvalue weighted by Crippen LogP contribution is 2.39. The smallest absolute Gasteiger partial charge is 0.303 e. The van der Waals surface area contributed by atoms with Crippen LogP contribution in [0.3, 0.4) is 0 Å². The van der Waals surface area contributed by atoms with E-state index in [0.717, 1.165) is 43.6 Å². The summed E-state index contributed by atoms with van der Waals surface area (Å²) in [5, 5.41) is 12.5. The zero-order chi connectivity index (χ0) is 14.4. The lowest BCUT2D eigenvalue weighted by molar-refractivity contribution is -0.140. The standard InChI is InChI=1S/C15H23N3O2/c1-2-12-8-13(18-11-17-12)16-10-15(9-14(19)20)6-4-3-5-7-15/h8,11H,2-7,9-10H2,1H3,(H,19,20)(H,16,17,18). The van der Waals surface area contributed by atoms with Gasteiger partial charge in [0.2, 0.25) is 0 Å². The van der Waals surface area contributed by atoms with Gasteiger partial charge in [-0.1, -0.05) is 26.2 Å². The summed E-state index contributed by atoms with van der Waals surface area (Å²) in [4.78, 5) is 19.5. The number of anilines is 1. The molecule has 1 aliphatic carbocycles. The third kappa shape index (κ3) is 3.92. The van der Waals surface area contributed by atoms with Crippen molar-refractivity contribution in [2.75, 3.05) is 11.9 Å². The van der Waals surface area contributed by atoms with Gasteiger partial charge in [-0.05, 0) is 24.7 Å². The normalized spacial score (nSPS) is 17.6. The highest BCUT2D eigenvalue weighted by atomic mass is 16.4. The molecule has 1 saturated carbocycles. The minimum atomic E-state index is -0.703. The Kier molecular flexibility index (Phi) is 4.93. The maximum atomic E-state index is 11.1. The van der Waals surface area contributed by atoms with Gasteiger partial charge < -0.3 is 10.4 Å². The molecular weight excluding hydrogens is 254 g/mol. The van der Waals surface area contributed by atoms with E-state index >= 15 is 0 Å². The van der Waals surface area contributed by atoms with Crippen molar-refractivity contribution in [2.24, 2.45) is 5.41 Å². The van der Waals surface area contributed by atoms with Crippen LogP contribution in [0.25, 0.3) is 0 Å². The Morgan fingerprint density at radius 3 is 2.75 bits per heavy atom. The maximum Gasteiger partial charge on any atom is 0.303 e. The summed E-state index contributed by atoms with van der Waals surface area (Å²) in [5.74, 6) is 0.0952. The van der Waals surface area contributed by atoms with Crippen LogP contribution in [0.5, 0.6) is 0 Å². The van der Waals surface area contributed by atoms with Crippen molar-refractivity contribution in [2.45, 2.75) is 51.9 Å². The number of carboxylic acid groups (broad SMARTS) is 1. The first-order chi connectivity index (χ1) is 9.63. The number of rotatable bonds is 6. The number of carboxylic acids is 1. The van der Waals surface area contributed by atoms with E-state index in [1.54, 1.807) is 6.33 Å². The summed E-state index contributed by atoms with van der Waals surface area (Å²) < 4.78 is 0. The number of nitrogens with one attached hydrogen (secondary N) is 1. The molecule has 0 unspecified atom stereocenters. The van der Waals surface area contributed by atoms with Crippen LogP contribution in [-0.2, 0) is 11.2 Å². The first kappa shape index (κ1) is 14.8. The molecule has 0 radical (unpaired) electrons. The van der Waals surface area contributed by atoms with Gasteiger partial charge in [-0.15, -0.1) is 0 Å². The van der Waals surface area contributed by atoms with Gasteiger partial charge in [-0.2, -0.15) is 0 Å². The number of aliphatic carboxylic acids is 1. The number of carbonyl (C=O) groups is 1. The Morgan fingerprint density at radius 1 is 1.35 bits per heavy atom. The zero-order valence-corrected chi connectivity index (χ0v) is 12.1. The SMILES string of the molecule is CCc1cc(NCC2(CC(=O)O)CCCCC2)ncn1. The monoisotopic (exact) mass is 277 g/mol. The van der Waals surface area contributed by atoms with Gasteiger partial charge in [0.1, 0.15) is 12.1 Å². The average molecular weight is 277 g/mol. The van der Waals surface area contributed by atoms with E-state index < -0.39 is 5.97 Å². The second kappa shape index (κ2) is 6.68. The van der Waals surface area contributed by atoms with Crippen LogP contribution in [-0.4, -0.2) is 27.6 Å². The predicted molar refractivity (Wildman–Crippen MR) is 77.7 cm³/mol. The first-order valence-corrected chi connectivity index (χ1v) is 7.40. The van der Waals surface area contributed by atoms with Crippen LogP contribution < -0.4 is 5.32 Å². The van der Waals surface area contributed by atoms with Gasteiger partial charge in [0, 0.05) is 18.3 Å². The number of nitrogens with zero attached hydrogens (tertiary/aromatic N) is 2. The van der Waals surface area contributed by atoms with Crippen LogP contribution >= 0.6 is 0 Å². The van der Waals surface area contributed by atoms with Crippen LogP contribution in [0.4, 0.5) is 5.82 Å². The van der Waals surface area contributed by atoms with Gasteiger partial charge in [0.05, 0.1) is 6.42 Å². The van der Waals surface area contributed by atoms with E-state index in [0.29, 0.717) is 6.54 Å². The lowest BCUT2D eigenvalue weighted by Gasteiger charge is -2.36. The number of hydrogen-bond donors (Lipinski definition) is 2. The van der Waals surface area contributed by atoms with Gasteiger partial charge in [0.15, 0.2) is 0 Å². The molecule has 110 valence electrons. The Hall–Kier alpha value is -1.65. The summed E-state index contributed by atoms with van der Waals surface area (Å²) in [5.41, 5.74) is 0.875. The summed E-state index contributed by atoms with van der Waals surface area (Å²) >= 11 is 0. The molecule has 20 heavy (non-hydrogen) atoms. The maximum absolute atomic E-state index is 11.1. The van der Waals surface area contributed by atoms with Crippen LogP contribution in [0.2, 0.25) is 0 Å². The Balaban J connectivity index is 2.02. The van der Waals surface area contributed by atoms with Crippen molar-refractivity contribution < 1.29 is 9.90 Å². The summed E-state index contributed by atoms with van der Waals surface area (Å²) in [6.45, 7) is 2.73. The molecule has 1 aromatic heterocycles. The summed E-state index contributed by atoms with van der Waals surface area (Å²) in [6.07, 6.45) is 8.11. The van der Waals surface area contributed by atoms with Gasteiger partial charge in [-0.25, -0.2) is 9.97 Å². The van der Waals surface area contributed by atoms with Crippen molar-refractivity contribution in [3.05, 3.63) is 18.1 Å². The lowest BCUT2D eigenvalue weighted by Crippen LogP contribution is -2.34. The molecule has 0 spiro atoms. The number of hydrogen-bond acceptors (Lipinski definition) is 4. The molecule has 5 heteroatoms. The molecule has 5 nitrogen and oxygen atoms in total. The highest BCUT2D eigenvalue weighted by Gasteiger charge is 2.34. The average Bonchev–Trinajstić information content (AvgIpc) is 2.46. The fraction of sp³-hybridized carbons (Fsp3) is 0.667. The minimum Gasteiger partial charge on any atom is -0.481 e. The van der Waals surface area contributed by atoms with Crippen molar-refractivity contribution in [3.8, 4) is 0 Å². The summed E-state index contributed by atoms with van der Waals surface area (Å²) in [6, 6.07) is 1.94. The molecule has 0 amide bonds. The number of aromatic nitrogens is 2. The zero-order valence-electron chi connectivity index (χ0n) is 12.1. The van der Waals surface area contributed by atoms with Crippen LogP contribution in [0.15, 0.2) is 12.4 Å². The lowest BCUT2D eigenvalue weighted by atomic mass is 9.71. The highest BCUT2D eigenvalue weighted by molar-refractivity contribution is 5.67. The Labute approximate surface area is 119 Å². The second-order valence-corrected chi connectivity index (χ2v) is 5.73. The molecule has 2 rings (SSSR count). The largest absolute Gasteiger partial charge is 0.481 e. The van der Waals surface area contributed by atoms with Crippen molar-refractivity contribution in [1.82, 2.24) is 9.97 Å². The predicted octanol–water partition coefficient (Wildman–Crippen LogP) is 2.88. The fourth-order valence-electron chi connectivity index (χ4n) is 3.00. The van der Waals surface area contributed by atoms with E-state index in [-0.39, 0.29) is 11.8 Å². The third-order valence-corrected chi connectivity index (χ3v) is 4.17. The van der Waals surface area contributed by atoms with E-state index in [9.17, 15) is 4.79 Å². The molecule has 1 aliphatic rings. The molecule has 0 atom stereocenters. The van der Waals surface area contributed by atoms with Crippen molar-refractivity contribution >= 4 is 11.8 Å². The van der Waals surface area contributed by atoms with E-state index in [1.807, 2.05) is 6.07 Å². The third-order valence-electron chi connectivity index (χ3n) is 4.17. The molecule has 2 N–H and O–H groups in total. The van der Waals surface area contributed by atoms with Crippen LogP contribution in [0.1, 0.15) is 51.1 Å². The van der Waals surface area contributed by atoms with Gasteiger partial charge in [-0.3, -0.25) is 4.79 Å². The second-order valence-electron chi connectivity index (χ2n) is 5.73. The Bertz CT molecular complexity index is 456. The molecule has 0 aliphatic heterocycles. The molecule has 0 bridgehead atoms. The molecule has 1 fully saturated rings. The Morgan fingerprint density at radius 2 is 2.10 bits per heavy atom. The fourth-order valence-corrected chi connectivity index (χ4v) is 3.00. The van der Waals surface area contributed by atoms with E-state index in [2.05, 4.69) is 22.2 Å². The first-order valence-electron chi connectivity index (χ1n) is 7.40. The van der Waals surface area contributed by atoms with Gasteiger partial charge in [0.25, 0.3) is 0 Å². The topological polar surface area (TPSA) is 75.1 Å². The van der Waals surface area contributed by atoms with Gasteiger partial charge >= 0.3 is 5.97 Å². The van der Waals surface area contributed by atoms with Crippen LogP contribution in [0, 0.1) is 5.41 Å².